The highest BCUT2D eigenvalue weighted by atomic mass is 32.1. The Hall–Kier alpha value is -3.59. The normalized spacial score (nSPS) is 14.8. The van der Waals surface area contributed by atoms with Crippen molar-refractivity contribution in [2.24, 2.45) is 0 Å². The number of anilines is 1. The average molecular weight is 455 g/mol. The highest BCUT2D eigenvalue weighted by Gasteiger charge is 2.33. The number of esters is 1. The zero-order valence-electron chi connectivity index (χ0n) is 17.9. The molecule has 0 aliphatic carbocycles. The zero-order chi connectivity index (χ0) is 22.7. The summed E-state index contributed by atoms with van der Waals surface area (Å²) in [6.07, 6.45) is -0.905. The van der Waals surface area contributed by atoms with Crippen molar-refractivity contribution in [2.75, 3.05) is 25.7 Å². The van der Waals surface area contributed by atoms with Gasteiger partial charge in [-0.05, 0) is 30.3 Å². The van der Waals surface area contributed by atoms with Crippen LogP contribution in [-0.4, -0.2) is 43.7 Å². The lowest BCUT2D eigenvalue weighted by molar-refractivity contribution is -0.153. The molecule has 0 saturated carbocycles. The molecular formula is C23H22N2O6S. The molecule has 1 amide bonds. The molecule has 0 N–H and O–H groups in total. The molecular weight excluding hydrogens is 432 g/mol. The number of amides is 1. The Labute approximate surface area is 189 Å². The van der Waals surface area contributed by atoms with Gasteiger partial charge in [-0.25, -0.2) is 9.78 Å². The van der Waals surface area contributed by atoms with Crippen LogP contribution in [0.5, 0.6) is 17.2 Å². The number of fused-ring (bicyclic) bond motifs is 1. The standard InChI is InChI=1S/C23H22N2O6S/c1-14(26)25-11-21(31-18-7-5-4-6-17(18)25)23(27)30-12-16-13-32-22(24-16)15-8-9-19(28-2)20(10-15)29-3/h4-10,13,21H,11-12H2,1-3H3/t21-/m1/s1. The Morgan fingerprint density at radius 3 is 2.69 bits per heavy atom. The van der Waals surface area contributed by atoms with Gasteiger partial charge in [0.15, 0.2) is 11.5 Å². The quantitative estimate of drug-likeness (QED) is 0.525. The van der Waals surface area contributed by atoms with Crippen LogP contribution < -0.4 is 19.1 Å². The molecule has 1 aliphatic heterocycles. The number of methoxy groups -OCH3 is 2. The topological polar surface area (TPSA) is 87.2 Å². The third-order valence-electron chi connectivity index (χ3n) is 4.96. The van der Waals surface area contributed by atoms with Crippen molar-refractivity contribution in [1.82, 2.24) is 4.98 Å². The molecule has 1 aliphatic rings. The fourth-order valence-electron chi connectivity index (χ4n) is 3.37. The van der Waals surface area contributed by atoms with Crippen molar-refractivity contribution in [1.29, 1.82) is 0 Å². The summed E-state index contributed by atoms with van der Waals surface area (Å²) in [6.45, 7) is 1.55. The summed E-state index contributed by atoms with van der Waals surface area (Å²) in [6, 6.07) is 12.7. The Kier molecular flexibility index (Phi) is 6.27. The molecule has 2 heterocycles. The van der Waals surface area contributed by atoms with E-state index in [2.05, 4.69) is 4.98 Å². The zero-order valence-corrected chi connectivity index (χ0v) is 18.7. The number of para-hydroxylation sites is 2. The summed E-state index contributed by atoms with van der Waals surface area (Å²) in [4.78, 5) is 30.7. The van der Waals surface area contributed by atoms with Crippen molar-refractivity contribution in [2.45, 2.75) is 19.6 Å². The predicted octanol–water partition coefficient (Wildman–Crippen LogP) is 3.68. The molecule has 32 heavy (non-hydrogen) atoms. The molecule has 0 spiro atoms. The third-order valence-corrected chi connectivity index (χ3v) is 5.90. The molecule has 4 rings (SSSR count). The number of hydrogen-bond donors (Lipinski definition) is 0. The Bertz CT molecular complexity index is 1150. The lowest BCUT2D eigenvalue weighted by Gasteiger charge is -2.33. The maximum absolute atomic E-state index is 12.6. The second-order valence-corrected chi connectivity index (χ2v) is 7.88. The first-order valence-corrected chi connectivity index (χ1v) is 10.8. The van der Waals surface area contributed by atoms with Gasteiger partial charge in [0.2, 0.25) is 12.0 Å². The molecule has 1 aromatic heterocycles. The number of carbonyl (C=O) groups is 2. The first kappa shape index (κ1) is 21.6. The van der Waals surface area contributed by atoms with Gasteiger partial charge in [0, 0.05) is 17.9 Å². The number of nitrogens with zero attached hydrogens (tertiary/aromatic N) is 2. The van der Waals surface area contributed by atoms with Crippen LogP contribution in [0.1, 0.15) is 12.6 Å². The molecule has 0 bridgehead atoms. The maximum atomic E-state index is 12.6. The van der Waals surface area contributed by atoms with Gasteiger partial charge in [-0.1, -0.05) is 12.1 Å². The van der Waals surface area contributed by atoms with E-state index in [0.717, 1.165) is 10.6 Å². The van der Waals surface area contributed by atoms with Crippen LogP contribution in [0.3, 0.4) is 0 Å². The predicted molar refractivity (Wildman–Crippen MR) is 119 cm³/mol. The van der Waals surface area contributed by atoms with Gasteiger partial charge in [-0.2, -0.15) is 0 Å². The van der Waals surface area contributed by atoms with Gasteiger partial charge in [0.05, 0.1) is 32.1 Å². The molecule has 8 nitrogen and oxygen atoms in total. The molecule has 0 fully saturated rings. The van der Waals surface area contributed by atoms with E-state index >= 15 is 0 Å². The summed E-state index contributed by atoms with van der Waals surface area (Å²) in [5.41, 5.74) is 2.13. The Balaban J connectivity index is 1.42. The smallest absolute Gasteiger partial charge is 0.349 e. The first-order chi connectivity index (χ1) is 15.5. The minimum absolute atomic E-state index is 0.00417. The number of thiazole rings is 1. The van der Waals surface area contributed by atoms with E-state index in [-0.39, 0.29) is 19.1 Å². The monoisotopic (exact) mass is 454 g/mol. The van der Waals surface area contributed by atoms with Crippen molar-refractivity contribution in [3.05, 3.63) is 53.5 Å². The minimum Gasteiger partial charge on any atom is -0.493 e. The van der Waals surface area contributed by atoms with Gasteiger partial charge < -0.3 is 23.8 Å². The molecule has 2 aromatic carbocycles. The highest BCUT2D eigenvalue weighted by molar-refractivity contribution is 7.13. The lowest BCUT2D eigenvalue weighted by atomic mass is 10.2. The van der Waals surface area contributed by atoms with Gasteiger partial charge >= 0.3 is 5.97 Å². The molecule has 0 radical (unpaired) electrons. The summed E-state index contributed by atoms with van der Waals surface area (Å²) < 4.78 is 21.8. The van der Waals surface area contributed by atoms with Crippen LogP contribution in [0.2, 0.25) is 0 Å². The van der Waals surface area contributed by atoms with E-state index < -0.39 is 12.1 Å². The second-order valence-electron chi connectivity index (χ2n) is 7.03. The van der Waals surface area contributed by atoms with Crippen molar-refractivity contribution >= 4 is 28.9 Å². The Morgan fingerprint density at radius 1 is 1.16 bits per heavy atom. The van der Waals surface area contributed by atoms with Crippen LogP contribution >= 0.6 is 11.3 Å². The highest BCUT2D eigenvalue weighted by Crippen LogP contribution is 2.35. The number of carbonyl (C=O) groups excluding carboxylic acids is 2. The third kappa shape index (κ3) is 4.38. The van der Waals surface area contributed by atoms with Gasteiger partial charge in [-0.3, -0.25) is 4.79 Å². The van der Waals surface area contributed by atoms with E-state index in [4.69, 9.17) is 18.9 Å². The summed E-state index contributed by atoms with van der Waals surface area (Å²) in [7, 11) is 3.16. The maximum Gasteiger partial charge on any atom is 0.349 e. The van der Waals surface area contributed by atoms with Crippen LogP contribution in [0.25, 0.3) is 10.6 Å². The van der Waals surface area contributed by atoms with Gasteiger partial charge in [0.1, 0.15) is 17.4 Å². The average Bonchev–Trinajstić information content (AvgIpc) is 3.30. The Morgan fingerprint density at radius 2 is 1.94 bits per heavy atom. The summed E-state index contributed by atoms with van der Waals surface area (Å²) >= 11 is 1.43. The number of rotatable bonds is 6. The van der Waals surface area contributed by atoms with E-state index in [9.17, 15) is 9.59 Å². The number of aromatic nitrogens is 1. The molecule has 9 heteroatoms. The van der Waals surface area contributed by atoms with Crippen LogP contribution in [0.15, 0.2) is 47.8 Å². The second kappa shape index (κ2) is 9.27. The van der Waals surface area contributed by atoms with Gasteiger partial charge in [-0.15, -0.1) is 11.3 Å². The molecule has 3 aromatic rings. The first-order valence-electron chi connectivity index (χ1n) is 9.87. The summed E-state index contributed by atoms with van der Waals surface area (Å²) in [5.74, 6) is 0.998. The van der Waals surface area contributed by atoms with E-state index in [1.165, 1.54) is 23.2 Å². The minimum atomic E-state index is -0.905. The van der Waals surface area contributed by atoms with E-state index in [1.807, 2.05) is 29.6 Å². The number of benzene rings is 2. The number of hydrogen-bond acceptors (Lipinski definition) is 8. The van der Waals surface area contributed by atoms with Crippen molar-refractivity contribution in [3.8, 4) is 27.8 Å². The summed E-state index contributed by atoms with van der Waals surface area (Å²) in [5, 5.41) is 2.60. The fraction of sp³-hybridized carbons (Fsp3) is 0.261. The van der Waals surface area contributed by atoms with Crippen LogP contribution in [0.4, 0.5) is 5.69 Å². The van der Waals surface area contributed by atoms with E-state index in [0.29, 0.717) is 28.6 Å². The molecule has 1 atom stereocenters. The molecule has 0 unspecified atom stereocenters. The largest absolute Gasteiger partial charge is 0.493 e. The SMILES string of the molecule is COc1ccc(-c2nc(COC(=O)[C@H]3CN(C(C)=O)c4ccccc4O3)cs2)cc1OC. The fourth-order valence-corrected chi connectivity index (χ4v) is 4.17. The lowest BCUT2D eigenvalue weighted by Crippen LogP contribution is -2.47. The molecule has 0 saturated heterocycles. The van der Waals surface area contributed by atoms with Crippen molar-refractivity contribution in [3.63, 3.8) is 0 Å². The van der Waals surface area contributed by atoms with Crippen molar-refractivity contribution < 1.29 is 28.5 Å². The number of ether oxygens (including phenoxy) is 4. The van der Waals surface area contributed by atoms with Crippen LogP contribution in [0, 0.1) is 0 Å². The van der Waals surface area contributed by atoms with E-state index in [1.54, 1.807) is 32.4 Å². The van der Waals surface area contributed by atoms with Crippen LogP contribution in [-0.2, 0) is 20.9 Å². The van der Waals surface area contributed by atoms with Gasteiger partial charge in [0.25, 0.3) is 0 Å². The molecule has 166 valence electrons.